The van der Waals surface area contributed by atoms with Crippen LogP contribution in [0.2, 0.25) is 0 Å². The summed E-state index contributed by atoms with van der Waals surface area (Å²) in [5.74, 6) is 2.18. The average molecular weight is 432 g/mol. The molecule has 8 nitrogen and oxygen atoms in total. The Morgan fingerprint density at radius 3 is 2.50 bits per heavy atom. The van der Waals surface area contributed by atoms with Crippen molar-refractivity contribution in [3.8, 4) is 0 Å². The fourth-order valence-corrected chi connectivity index (χ4v) is 4.62. The van der Waals surface area contributed by atoms with E-state index in [1.807, 2.05) is 41.3 Å². The number of piperazine rings is 1. The first-order valence-corrected chi connectivity index (χ1v) is 11.4. The molecule has 2 saturated heterocycles. The molecule has 4 heterocycles. The van der Waals surface area contributed by atoms with E-state index in [9.17, 15) is 4.79 Å². The summed E-state index contributed by atoms with van der Waals surface area (Å²) >= 11 is 0. The third-order valence-corrected chi connectivity index (χ3v) is 6.38. The largest absolute Gasteiger partial charge is 0.383 e. The van der Waals surface area contributed by atoms with Gasteiger partial charge in [0.2, 0.25) is 0 Å². The molecule has 2 aromatic heterocycles. The van der Waals surface area contributed by atoms with Crippen molar-refractivity contribution in [2.75, 3.05) is 49.9 Å². The van der Waals surface area contributed by atoms with Gasteiger partial charge in [-0.05, 0) is 43.5 Å². The molecule has 2 aliphatic heterocycles. The number of fused-ring (bicyclic) bond motifs is 1. The zero-order chi connectivity index (χ0) is 21.9. The maximum atomic E-state index is 13.1. The lowest BCUT2D eigenvalue weighted by molar-refractivity contribution is 0.0724. The molecule has 1 aromatic carbocycles. The maximum absolute atomic E-state index is 13.1. The minimum absolute atomic E-state index is 0.107. The van der Waals surface area contributed by atoms with Gasteiger partial charge in [-0.3, -0.25) is 9.69 Å². The van der Waals surface area contributed by atoms with Crippen molar-refractivity contribution < 1.29 is 4.79 Å². The molecule has 32 heavy (non-hydrogen) atoms. The van der Waals surface area contributed by atoms with Crippen LogP contribution in [0.5, 0.6) is 0 Å². The maximum Gasteiger partial charge on any atom is 0.257 e. The van der Waals surface area contributed by atoms with E-state index in [-0.39, 0.29) is 5.91 Å². The topological polar surface area (TPSA) is 91.5 Å². The van der Waals surface area contributed by atoms with E-state index < -0.39 is 0 Å². The molecule has 0 atom stereocenters. The van der Waals surface area contributed by atoms with E-state index in [2.05, 4.69) is 24.8 Å². The number of carbonyl (C=O) groups excluding carboxylic acids is 1. The number of nitrogens with zero attached hydrogens (tertiary/aromatic N) is 6. The van der Waals surface area contributed by atoms with Crippen LogP contribution in [0.4, 0.5) is 11.6 Å². The van der Waals surface area contributed by atoms with Gasteiger partial charge in [-0.1, -0.05) is 12.1 Å². The summed E-state index contributed by atoms with van der Waals surface area (Å²) in [6, 6.07) is 11.6. The van der Waals surface area contributed by atoms with Gasteiger partial charge in [-0.15, -0.1) is 0 Å². The molecule has 0 bridgehead atoms. The van der Waals surface area contributed by atoms with Crippen molar-refractivity contribution in [2.24, 2.45) is 0 Å². The molecule has 0 saturated carbocycles. The number of aromatic nitrogens is 3. The first kappa shape index (κ1) is 20.6. The molecule has 166 valence electrons. The minimum Gasteiger partial charge on any atom is -0.383 e. The zero-order valence-electron chi connectivity index (χ0n) is 18.3. The number of para-hydroxylation sites is 1. The molecule has 1 amide bonds. The summed E-state index contributed by atoms with van der Waals surface area (Å²) in [6.07, 6.45) is 5.15. The van der Waals surface area contributed by atoms with E-state index in [4.69, 9.17) is 5.73 Å². The number of hydrogen-bond donors (Lipinski definition) is 1. The summed E-state index contributed by atoms with van der Waals surface area (Å²) < 4.78 is 0. The lowest BCUT2D eigenvalue weighted by atomic mass is 10.1. The Morgan fingerprint density at radius 1 is 0.906 bits per heavy atom. The number of carbonyl (C=O) groups is 1. The third-order valence-electron chi connectivity index (χ3n) is 6.38. The molecule has 2 N–H and O–H groups in total. The summed E-state index contributed by atoms with van der Waals surface area (Å²) in [6.45, 7) is 5.66. The van der Waals surface area contributed by atoms with E-state index in [0.717, 1.165) is 74.7 Å². The molecular formula is C24H29N7O. The molecule has 0 spiro atoms. The number of anilines is 2. The van der Waals surface area contributed by atoms with E-state index in [0.29, 0.717) is 17.9 Å². The molecule has 8 heteroatoms. The first-order chi connectivity index (χ1) is 15.7. The molecule has 0 unspecified atom stereocenters. The van der Waals surface area contributed by atoms with Gasteiger partial charge in [0.15, 0.2) is 0 Å². The third kappa shape index (κ3) is 4.23. The Labute approximate surface area is 188 Å². The predicted octanol–water partition coefficient (Wildman–Crippen LogP) is 2.56. The Bertz CT molecular complexity index is 1100. The molecule has 2 fully saturated rings. The lowest BCUT2D eigenvalue weighted by Crippen LogP contribution is -2.47. The molecule has 2 aliphatic rings. The van der Waals surface area contributed by atoms with E-state index in [1.165, 1.54) is 6.42 Å². The molecular weight excluding hydrogens is 402 g/mol. The highest BCUT2D eigenvalue weighted by atomic mass is 16.2. The highest BCUT2D eigenvalue weighted by Crippen LogP contribution is 2.23. The quantitative estimate of drug-likeness (QED) is 0.679. The van der Waals surface area contributed by atoms with Gasteiger partial charge >= 0.3 is 0 Å². The Kier molecular flexibility index (Phi) is 5.85. The van der Waals surface area contributed by atoms with Gasteiger partial charge in [-0.2, -0.15) is 0 Å². The van der Waals surface area contributed by atoms with Gasteiger partial charge < -0.3 is 15.5 Å². The average Bonchev–Trinajstić information content (AvgIpc) is 2.85. The zero-order valence-corrected chi connectivity index (χ0v) is 18.3. The van der Waals surface area contributed by atoms with Gasteiger partial charge in [0.1, 0.15) is 17.5 Å². The van der Waals surface area contributed by atoms with Gasteiger partial charge in [0.05, 0.1) is 17.6 Å². The molecule has 3 aromatic rings. The second kappa shape index (κ2) is 9.08. The number of rotatable bonds is 4. The van der Waals surface area contributed by atoms with Crippen LogP contribution in [0.25, 0.3) is 10.9 Å². The predicted molar refractivity (Wildman–Crippen MR) is 125 cm³/mol. The van der Waals surface area contributed by atoms with Crippen LogP contribution in [0.1, 0.15) is 35.4 Å². The summed E-state index contributed by atoms with van der Waals surface area (Å²) in [5.41, 5.74) is 7.74. The summed E-state index contributed by atoms with van der Waals surface area (Å²) in [4.78, 5) is 33.4. The molecule has 0 radical (unpaired) electrons. The monoisotopic (exact) mass is 431 g/mol. The minimum atomic E-state index is 0.107. The number of amides is 1. The van der Waals surface area contributed by atoms with E-state index in [1.54, 1.807) is 6.20 Å². The molecule has 5 rings (SSSR count). The Hall–Kier alpha value is -3.26. The summed E-state index contributed by atoms with van der Waals surface area (Å²) in [7, 11) is 0. The number of benzene rings is 1. The highest BCUT2D eigenvalue weighted by molar-refractivity contribution is 5.99. The van der Waals surface area contributed by atoms with Crippen LogP contribution in [-0.2, 0) is 6.54 Å². The number of nitrogens with two attached hydrogens (primary N) is 1. The Balaban J connectivity index is 1.26. The highest BCUT2D eigenvalue weighted by Gasteiger charge is 2.26. The fourth-order valence-electron chi connectivity index (χ4n) is 4.62. The Morgan fingerprint density at radius 2 is 1.69 bits per heavy atom. The van der Waals surface area contributed by atoms with Crippen molar-refractivity contribution in [2.45, 2.75) is 25.8 Å². The van der Waals surface area contributed by atoms with Gasteiger partial charge in [-0.25, -0.2) is 15.0 Å². The second-order valence-electron chi connectivity index (χ2n) is 8.53. The fraction of sp³-hybridized carbons (Fsp3) is 0.417. The standard InChI is InChI=1S/C24H29N7O/c25-22-18-7-2-3-9-20(18)27-21(28-22)17-29-13-15-30(16-14-29)23-19(8-6-10-26-23)24(32)31-11-4-1-5-12-31/h2-3,6-10H,1,4-5,11-17H2,(H2,25,27,28). The van der Waals surface area contributed by atoms with Crippen LogP contribution < -0.4 is 10.6 Å². The SMILES string of the molecule is Nc1nc(CN2CCN(c3ncccc3C(=O)N3CCCCC3)CC2)nc2ccccc12. The smallest absolute Gasteiger partial charge is 0.257 e. The lowest BCUT2D eigenvalue weighted by Gasteiger charge is -2.36. The second-order valence-corrected chi connectivity index (χ2v) is 8.53. The van der Waals surface area contributed by atoms with Crippen molar-refractivity contribution in [3.05, 3.63) is 54.0 Å². The number of hydrogen-bond acceptors (Lipinski definition) is 7. The van der Waals surface area contributed by atoms with Crippen LogP contribution in [-0.4, -0.2) is 69.9 Å². The van der Waals surface area contributed by atoms with Gasteiger partial charge in [0.25, 0.3) is 5.91 Å². The number of likely N-dealkylation sites (tertiary alicyclic amines) is 1. The van der Waals surface area contributed by atoms with E-state index >= 15 is 0 Å². The normalized spacial score (nSPS) is 17.6. The van der Waals surface area contributed by atoms with Crippen molar-refractivity contribution in [3.63, 3.8) is 0 Å². The summed E-state index contributed by atoms with van der Waals surface area (Å²) in [5, 5.41) is 0.891. The number of pyridine rings is 1. The van der Waals surface area contributed by atoms with Crippen LogP contribution in [0.3, 0.4) is 0 Å². The van der Waals surface area contributed by atoms with Crippen molar-refractivity contribution >= 4 is 28.4 Å². The van der Waals surface area contributed by atoms with Gasteiger partial charge in [0, 0.05) is 50.9 Å². The van der Waals surface area contributed by atoms with Crippen LogP contribution in [0.15, 0.2) is 42.6 Å². The first-order valence-electron chi connectivity index (χ1n) is 11.4. The molecule has 0 aliphatic carbocycles. The van der Waals surface area contributed by atoms with Crippen molar-refractivity contribution in [1.82, 2.24) is 24.8 Å². The number of piperidine rings is 1. The number of nitrogen functional groups attached to an aromatic ring is 1. The van der Waals surface area contributed by atoms with Crippen LogP contribution in [0, 0.1) is 0 Å². The van der Waals surface area contributed by atoms with Crippen molar-refractivity contribution in [1.29, 1.82) is 0 Å². The van der Waals surface area contributed by atoms with Crippen LogP contribution >= 0.6 is 0 Å².